The van der Waals surface area contributed by atoms with E-state index in [0.717, 1.165) is 4.90 Å². The van der Waals surface area contributed by atoms with E-state index >= 15 is 0 Å². The third-order valence-electron chi connectivity index (χ3n) is 3.22. The Labute approximate surface area is 119 Å². The molecule has 0 bridgehead atoms. The predicted octanol–water partition coefficient (Wildman–Crippen LogP) is 1.71. The molecule has 0 saturated carbocycles. The number of hydrogen-bond acceptors (Lipinski definition) is 4. The smallest absolute Gasteiger partial charge is 0.328 e. The molecule has 21 heavy (non-hydrogen) atoms. The summed E-state index contributed by atoms with van der Waals surface area (Å²) in [5, 5.41) is 2.93. The summed E-state index contributed by atoms with van der Waals surface area (Å²) in [6, 6.07) is 7.66. The molecule has 106 valence electrons. The lowest BCUT2D eigenvalue weighted by atomic mass is 10.2. The lowest BCUT2D eigenvalue weighted by Gasteiger charge is -2.06. The molecule has 1 aliphatic heterocycles. The van der Waals surface area contributed by atoms with Gasteiger partial charge in [-0.2, -0.15) is 0 Å². The van der Waals surface area contributed by atoms with Crippen LogP contribution in [0.25, 0.3) is 17.0 Å². The van der Waals surface area contributed by atoms with Gasteiger partial charge in [-0.05, 0) is 19.1 Å². The van der Waals surface area contributed by atoms with Gasteiger partial charge in [0.15, 0.2) is 5.43 Å². The minimum absolute atomic E-state index is 0.0975. The van der Waals surface area contributed by atoms with E-state index in [2.05, 4.69) is 5.32 Å². The molecule has 0 radical (unpaired) electrons. The number of rotatable bonds is 2. The van der Waals surface area contributed by atoms with Crippen molar-refractivity contribution in [1.29, 1.82) is 0 Å². The van der Waals surface area contributed by atoms with Gasteiger partial charge < -0.3 is 9.73 Å². The first-order valence-corrected chi connectivity index (χ1v) is 6.47. The van der Waals surface area contributed by atoms with Crippen molar-refractivity contribution < 1.29 is 14.0 Å². The molecular weight excluding hydrogens is 272 g/mol. The fourth-order valence-corrected chi connectivity index (χ4v) is 2.19. The number of nitrogens with zero attached hydrogens (tertiary/aromatic N) is 1. The standard InChI is InChI=1S/C15H12N2O4/c1-2-17-14(19)11(16-15(17)20)7-9-8-12(18)10-5-3-4-6-13(10)21-9/h3-8H,2H2,1H3,(H,16,20)/b11-7-. The summed E-state index contributed by atoms with van der Waals surface area (Å²) in [7, 11) is 0. The van der Waals surface area contributed by atoms with E-state index in [1.165, 1.54) is 12.1 Å². The van der Waals surface area contributed by atoms with Crippen LogP contribution in [0.5, 0.6) is 0 Å². The molecule has 1 aromatic carbocycles. The van der Waals surface area contributed by atoms with Gasteiger partial charge in [0.1, 0.15) is 17.0 Å². The van der Waals surface area contributed by atoms with Gasteiger partial charge in [0.05, 0.1) is 5.39 Å². The minimum atomic E-state index is -0.475. The molecule has 1 N–H and O–H groups in total. The number of nitrogens with one attached hydrogen (secondary N) is 1. The maximum Gasteiger partial charge on any atom is 0.328 e. The van der Waals surface area contributed by atoms with E-state index in [1.807, 2.05) is 0 Å². The van der Waals surface area contributed by atoms with E-state index in [-0.39, 0.29) is 23.4 Å². The second-order valence-corrected chi connectivity index (χ2v) is 4.55. The molecule has 2 heterocycles. The summed E-state index contributed by atoms with van der Waals surface area (Å²) in [6.45, 7) is 1.99. The molecule has 0 spiro atoms. The van der Waals surface area contributed by atoms with Crippen LogP contribution in [0.2, 0.25) is 0 Å². The molecule has 2 aromatic rings. The van der Waals surface area contributed by atoms with E-state index in [1.54, 1.807) is 31.2 Å². The molecule has 6 nitrogen and oxygen atoms in total. The highest BCUT2D eigenvalue weighted by Gasteiger charge is 2.32. The van der Waals surface area contributed by atoms with Gasteiger partial charge in [-0.3, -0.25) is 14.5 Å². The zero-order chi connectivity index (χ0) is 15.0. The number of hydrogen-bond donors (Lipinski definition) is 1. The van der Waals surface area contributed by atoms with Crippen molar-refractivity contribution in [2.24, 2.45) is 0 Å². The van der Waals surface area contributed by atoms with Gasteiger partial charge >= 0.3 is 6.03 Å². The van der Waals surface area contributed by atoms with Gasteiger partial charge in [0.2, 0.25) is 0 Å². The lowest BCUT2D eigenvalue weighted by Crippen LogP contribution is -2.30. The highest BCUT2D eigenvalue weighted by Crippen LogP contribution is 2.16. The second kappa shape index (κ2) is 4.90. The van der Waals surface area contributed by atoms with Crippen molar-refractivity contribution in [2.75, 3.05) is 6.54 Å². The number of likely N-dealkylation sites (N-methyl/N-ethyl adjacent to an activating group) is 1. The van der Waals surface area contributed by atoms with Gasteiger partial charge in [-0.1, -0.05) is 12.1 Å². The zero-order valence-corrected chi connectivity index (χ0v) is 11.3. The Bertz CT molecular complexity index is 835. The number of imide groups is 1. The average Bonchev–Trinajstić information content (AvgIpc) is 2.73. The van der Waals surface area contributed by atoms with Crippen LogP contribution < -0.4 is 10.7 Å². The Morgan fingerprint density at radius 3 is 2.71 bits per heavy atom. The normalized spacial score (nSPS) is 16.8. The monoisotopic (exact) mass is 284 g/mol. The zero-order valence-electron chi connectivity index (χ0n) is 11.3. The third-order valence-corrected chi connectivity index (χ3v) is 3.22. The predicted molar refractivity (Wildman–Crippen MR) is 76.4 cm³/mol. The molecule has 1 fully saturated rings. The first kappa shape index (κ1) is 13.1. The summed E-state index contributed by atoms with van der Waals surface area (Å²) < 4.78 is 5.56. The fourth-order valence-electron chi connectivity index (χ4n) is 2.19. The number of fused-ring (bicyclic) bond motifs is 1. The van der Waals surface area contributed by atoms with Crippen molar-refractivity contribution in [3.8, 4) is 0 Å². The van der Waals surface area contributed by atoms with E-state index in [0.29, 0.717) is 11.0 Å². The molecule has 3 rings (SSSR count). The Kier molecular flexibility index (Phi) is 3.06. The number of carbonyl (C=O) groups excluding carboxylic acids is 2. The minimum Gasteiger partial charge on any atom is -0.456 e. The number of carbonyl (C=O) groups is 2. The Morgan fingerprint density at radius 2 is 2.00 bits per heavy atom. The molecule has 6 heteroatoms. The first-order chi connectivity index (χ1) is 10.1. The van der Waals surface area contributed by atoms with E-state index < -0.39 is 11.9 Å². The summed E-state index contributed by atoms with van der Waals surface area (Å²) in [4.78, 5) is 36.6. The third kappa shape index (κ3) is 2.20. The van der Waals surface area contributed by atoms with Crippen molar-refractivity contribution >= 4 is 29.0 Å². The first-order valence-electron chi connectivity index (χ1n) is 6.47. The summed E-state index contributed by atoms with van der Waals surface area (Å²) in [6.07, 6.45) is 1.36. The van der Waals surface area contributed by atoms with Crippen LogP contribution >= 0.6 is 0 Å². The molecule has 1 saturated heterocycles. The highest BCUT2D eigenvalue weighted by atomic mass is 16.3. The van der Waals surface area contributed by atoms with Gasteiger partial charge in [0, 0.05) is 18.7 Å². The van der Waals surface area contributed by atoms with Crippen molar-refractivity contribution in [3.05, 3.63) is 52.0 Å². The van der Waals surface area contributed by atoms with Crippen LogP contribution in [-0.2, 0) is 4.79 Å². The fraction of sp³-hybridized carbons (Fsp3) is 0.133. The maximum atomic E-state index is 12.0. The van der Waals surface area contributed by atoms with Crippen molar-refractivity contribution in [2.45, 2.75) is 6.92 Å². The van der Waals surface area contributed by atoms with Crippen LogP contribution in [-0.4, -0.2) is 23.4 Å². The second-order valence-electron chi connectivity index (χ2n) is 4.55. The number of para-hydroxylation sites is 1. The number of benzene rings is 1. The van der Waals surface area contributed by atoms with Crippen molar-refractivity contribution in [3.63, 3.8) is 0 Å². The topological polar surface area (TPSA) is 79.6 Å². The molecule has 1 aliphatic rings. The number of amides is 3. The molecule has 1 aromatic heterocycles. The molecule has 3 amide bonds. The van der Waals surface area contributed by atoms with Gasteiger partial charge in [-0.15, -0.1) is 0 Å². The summed E-state index contributed by atoms with van der Waals surface area (Å²) >= 11 is 0. The molecule has 0 unspecified atom stereocenters. The summed E-state index contributed by atoms with van der Waals surface area (Å²) in [5.74, 6) is -0.210. The van der Waals surface area contributed by atoms with Crippen LogP contribution in [0.1, 0.15) is 12.7 Å². The quantitative estimate of drug-likeness (QED) is 0.672. The van der Waals surface area contributed by atoms with E-state index in [4.69, 9.17) is 4.42 Å². The van der Waals surface area contributed by atoms with Gasteiger partial charge in [-0.25, -0.2) is 4.79 Å². The highest BCUT2D eigenvalue weighted by molar-refractivity contribution is 6.13. The molecule has 0 aliphatic carbocycles. The summed E-state index contributed by atoms with van der Waals surface area (Å²) in [5.41, 5.74) is 0.328. The Hall–Kier alpha value is -2.89. The van der Waals surface area contributed by atoms with Crippen LogP contribution in [0.4, 0.5) is 4.79 Å². The van der Waals surface area contributed by atoms with Crippen LogP contribution in [0.15, 0.2) is 45.2 Å². The van der Waals surface area contributed by atoms with Crippen LogP contribution in [0, 0.1) is 0 Å². The molecule has 0 atom stereocenters. The lowest BCUT2D eigenvalue weighted by molar-refractivity contribution is -0.122. The molecular formula is C15H12N2O4. The maximum absolute atomic E-state index is 12.0. The average molecular weight is 284 g/mol. The van der Waals surface area contributed by atoms with Crippen LogP contribution in [0.3, 0.4) is 0 Å². The largest absolute Gasteiger partial charge is 0.456 e. The Balaban J connectivity index is 2.06. The van der Waals surface area contributed by atoms with E-state index in [9.17, 15) is 14.4 Å². The SMILES string of the molecule is CCN1C(=O)N/C(=C\c2cc(=O)c3ccccc3o2)C1=O. The van der Waals surface area contributed by atoms with Gasteiger partial charge in [0.25, 0.3) is 5.91 Å². The van der Waals surface area contributed by atoms with Crippen molar-refractivity contribution in [1.82, 2.24) is 10.2 Å². The number of urea groups is 1. The Morgan fingerprint density at radius 1 is 1.24 bits per heavy atom.